The first-order valence-corrected chi connectivity index (χ1v) is 3.55. The van der Waals surface area contributed by atoms with Crippen LogP contribution in [0.5, 0.6) is 5.88 Å². The Morgan fingerprint density at radius 2 is 2.25 bits per heavy atom. The SMILES string of the molecule is COc1ccc(Cl)c(CN)n1.Cl. The van der Waals surface area contributed by atoms with E-state index in [0.29, 0.717) is 23.1 Å². The van der Waals surface area contributed by atoms with Crippen LogP contribution in [0.3, 0.4) is 0 Å². The topological polar surface area (TPSA) is 48.1 Å². The second-order valence-corrected chi connectivity index (χ2v) is 2.39. The van der Waals surface area contributed by atoms with E-state index in [1.54, 1.807) is 19.2 Å². The Morgan fingerprint density at radius 3 is 2.75 bits per heavy atom. The van der Waals surface area contributed by atoms with Crippen molar-refractivity contribution < 1.29 is 4.74 Å². The Morgan fingerprint density at radius 1 is 1.58 bits per heavy atom. The highest BCUT2D eigenvalue weighted by atomic mass is 35.5. The molecular formula is C7H10Cl2N2O. The van der Waals surface area contributed by atoms with Gasteiger partial charge in [0, 0.05) is 12.6 Å². The van der Waals surface area contributed by atoms with E-state index in [1.165, 1.54) is 0 Å². The lowest BCUT2D eigenvalue weighted by atomic mass is 10.3. The van der Waals surface area contributed by atoms with E-state index in [-0.39, 0.29) is 12.4 Å². The van der Waals surface area contributed by atoms with Crippen LogP contribution in [0.4, 0.5) is 0 Å². The molecule has 0 spiro atoms. The molecule has 0 aromatic carbocycles. The van der Waals surface area contributed by atoms with E-state index in [2.05, 4.69) is 4.98 Å². The Labute approximate surface area is 82.3 Å². The van der Waals surface area contributed by atoms with Crippen molar-refractivity contribution in [2.24, 2.45) is 5.73 Å². The standard InChI is InChI=1S/C7H9ClN2O.ClH/c1-11-7-3-2-5(8)6(4-9)10-7;/h2-3H,4,9H2,1H3;1H. The Bertz CT molecular complexity index is 255. The number of hydrogen-bond donors (Lipinski definition) is 1. The summed E-state index contributed by atoms with van der Waals surface area (Å²) >= 11 is 5.76. The van der Waals surface area contributed by atoms with E-state index in [4.69, 9.17) is 22.1 Å². The lowest BCUT2D eigenvalue weighted by molar-refractivity contribution is 0.396. The minimum atomic E-state index is 0. The number of nitrogens with two attached hydrogens (primary N) is 1. The highest BCUT2D eigenvalue weighted by Crippen LogP contribution is 2.16. The smallest absolute Gasteiger partial charge is 0.213 e. The predicted octanol–water partition coefficient (Wildman–Crippen LogP) is 1.62. The molecule has 0 saturated carbocycles. The van der Waals surface area contributed by atoms with Gasteiger partial charge >= 0.3 is 0 Å². The van der Waals surface area contributed by atoms with Crippen LogP contribution < -0.4 is 10.5 Å². The van der Waals surface area contributed by atoms with Crippen molar-refractivity contribution in [1.82, 2.24) is 4.98 Å². The fourth-order valence-corrected chi connectivity index (χ4v) is 0.904. The molecule has 1 aromatic rings. The van der Waals surface area contributed by atoms with Gasteiger partial charge in [-0.05, 0) is 6.07 Å². The van der Waals surface area contributed by atoms with E-state index < -0.39 is 0 Å². The van der Waals surface area contributed by atoms with Crippen molar-refractivity contribution in [1.29, 1.82) is 0 Å². The van der Waals surface area contributed by atoms with E-state index in [0.717, 1.165) is 0 Å². The zero-order valence-electron chi connectivity index (χ0n) is 6.58. The highest BCUT2D eigenvalue weighted by molar-refractivity contribution is 6.31. The molecule has 12 heavy (non-hydrogen) atoms. The predicted molar refractivity (Wildman–Crippen MR) is 50.9 cm³/mol. The van der Waals surface area contributed by atoms with Crippen molar-refractivity contribution in [2.45, 2.75) is 6.54 Å². The number of ether oxygens (including phenoxy) is 1. The summed E-state index contributed by atoms with van der Waals surface area (Å²) in [6.45, 7) is 0.329. The molecular weight excluding hydrogens is 199 g/mol. The van der Waals surface area contributed by atoms with Gasteiger partial charge in [0.25, 0.3) is 0 Å². The van der Waals surface area contributed by atoms with Crippen LogP contribution in [0.1, 0.15) is 5.69 Å². The number of pyridine rings is 1. The third kappa shape index (κ3) is 2.52. The Kier molecular flexibility index (Phi) is 4.97. The summed E-state index contributed by atoms with van der Waals surface area (Å²) in [4.78, 5) is 4.03. The third-order valence-corrected chi connectivity index (χ3v) is 1.64. The van der Waals surface area contributed by atoms with Gasteiger partial charge in [-0.25, -0.2) is 4.98 Å². The van der Waals surface area contributed by atoms with Gasteiger partial charge in [-0.15, -0.1) is 12.4 Å². The quantitative estimate of drug-likeness (QED) is 0.805. The van der Waals surface area contributed by atoms with Crippen molar-refractivity contribution in [3.63, 3.8) is 0 Å². The second-order valence-electron chi connectivity index (χ2n) is 1.99. The summed E-state index contributed by atoms with van der Waals surface area (Å²) in [5.41, 5.74) is 6.03. The number of hydrogen-bond acceptors (Lipinski definition) is 3. The normalized spacial score (nSPS) is 8.92. The number of halogens is 2. The molecule has 5 heteroatoms. The largest absolute Gasteiger partial charge is 0.481 e. The van der Waals surface area contributed by atoms with Crippen molar-refractivity contribution in [3.8, 4) is 5.88 Å². The lowest BCUT2D eigenvalue weighted by Gasteiger charge is -2.02. The molecule has 2 N–H and O–H groups in total. The molecule has 68 valence electrons. The minimum absolute atomic E-state index is 0. The van der Waals surface area contributed by atoms with Crippen LogP contribution in [-0.4, -0.2) is 12.1 Å². The average Bonchev–Trinajstić information content (AvgIpc) is 2.05. The number of aromatic nitrogens is 1. The molecule has 0 aliphatic heterocycles. The van der Waals surface area contributed by atoms with Crippen LogP contribution in [0, 0.1) is 0 Å². The van der Waals surface area contributed by atoms with Crippen LogP contribution in [0.15, 0.2) is 12.1 Å². The van der Waals surface area contributed by atoms with E-state index in [9.17, 15) is 0 Å². The zero-order valence-corrected chi connectivity index (χ0v) is 8.15. The maximum Gasteiger partial charge on any atom is 0.213 e. The molecule has 0 aliphatic carbocycles. The van der Waals surface area contributed by atoms with Gasteiger partial charge in [0.2, 0.25) is 5.88 Å². The molecule has 0 aliphatic rings. The molecule has 0 radical (unpaired) electrons. The third-order valence-electron chi connectivity index (χ3n) is 1.30. The first kappa shape index (κ1) is 11.5. The molecule has 1 heterocycles. The Balaban J connectivity index is 0.00000121. The zero-order chi connectivity index (χ0) is 8.27. The second kappa shape index (κ2) is 5.19. The van der Waals surface area contributed by atoms with Crippen LogP contribution in [-0.2, 0) is 6.54 Å². The minimum Gasteiger partial charge on any atom is -0.481 e. The maximum absolute atomic E-state index is 5.76. The van der Waals surface area contributed by atoms with Crippen LogP contribution >= 0.6 is 24.0 Å². The van der Waals surface area contributed by atoms with Gasteiger partial charge in [-0.1, -0.05) is 11.6 Å². The van der Waals surface area contributed by atoms with Gasteiger partial charge in [-0.2, -0.15) is 0 Å². The average molecular weight is 209 g/mol. The summed E-state index contributed by atoms with van der Waals surface area (Å²) in [5.74, 6) is 0.537. The monoisotopic (exact) mass is 208 g/mol. The van der Waals surface area contributed by atoms with Gasteiger partial charge in [0.15, 0.2) is 0 Å². The maximum atomic E-state index is 5.76. The summed E-state index contributed by atoms with van der Waals surface area (Å²) in [7, 11) is 1.55. The first-order valence-electron chi connectivity index (χ1n) is 3.17. The number of nitrogens with zero attached hydrogens (tertiary/aromatic N) is 1. The molecule has 0 amide bonds. The molecule has 0 unspecified atom stereocenters. The van der Waals surface area contributed by atoms with Crippen molar-refractivity contribution in [2.75, 3.05) is 7.11 Å². The number of methoxy groups -OCH3 is 1. The molecule has 0 saturated heterocycles. The number of rotatable bonds is 2. The summed E-state index contributed by atoms with van der Waals surface area (Å²) in [6.07, 6.45) is 0. The molecule has 0 bridgehead atoms. The van der Waals surface area contributed by atoms with E-state index >= 15 is 0 Å². The molecule has 1 rings (SSSR count). The van der Waals surface area contributed by atoms with Crippen LogP contribution in [0.2, 0.25) is 5.02 Å². The van der Waals surface area contributed by atoms with E-state index in [1.807, 2.05) is 0 Å². The summed E-state index contributed by atoms with van der Waals surface area (Å²) < 4.78 is 4.89. The molecule has 3 nitrogen and oxygen atoms in total. The summed E-state index contributed by atoms with van der Waals surface area (Å²) in [6, 6.07) is 3.41. The molecule has 0 fully saturated rings. The lowest BCUT2D eigenvalue weighted by Crippen LogP contribution is -2.01. The molecule has 1 aromatic heterocycles. The van der Waals surface area contributed by atoms with Crippen molar-refractivity contribution >= 4 is 24.0 Å². The van der Waals surface area contributed by atoms with Gasteiger partial charge in [0.1, 0.15) is 0 Å². The van der Waals surface area contributed by atoms with Gasteiger partial charge in [0.05, 0.1) is 17.8 Å². The van der Waals surface area contributed by atoms with Gasteiger partial charge in [-0.3, -0.25) is 0 Å². The summed E-state index contributed by atoms with van der Waals surface area (Å²) in [5, 5.41) is 0.577. The fourth-order valence-electron chi connectivity index (χ4n) is 0.721. The first-order chi connectivity index (χ1) is 5.27. The fraction of sp³-hybridized carbons (Fsp3) is 0.286. The van der Waals surface area contributed by atoms with Gasteiger partial charge < -0.3 is 10.5 Å². The molecule has 0 atom stereocenters. The highest BCUT2D eigenvalue weighted by Gasteiger charge is 2.00. The Hall–Kier alpha value is -0.510. The van der Waals surface area contributed by atoms with Crippen molar-refractivity contribution in [3.05, 3.63) is 22.8 Å². The van der Waals surface area contributed by atoms with Crippen LogP contribution in [0.25, 0.3) is 0 Å².